The highest BCUT2D eigenvalue weighted by atomic mass is 16.2. The maximum absolute atomic E-state index is 12.5. The van der Waals surface area contributed by atoms with Gasteiger partial charge >= 0.3 is 0 Å². The number of hydrogen-bond donors (Lipinski definition) is 0. The molecule has 5 nitrogen and oxygen atoms in total. The van der Waals surface area contributed by atoms with Gasteiger partial charge in [-0.2, -0.15) is 5.10 Å². The minimum atomic E-state index is 0.0692. The number of amides is 1. The largest absolute Gasteiger partial charge is 0.311 e. The van der Waals surface area contributed by atoms with Gasteiger partial charge < -0.3 is 4.90 Å². The molecule has 0 radical (unpaired) electrons. The molecule has 0 saturated heterocycles. The Labute approximate surface area is 119 Å². The summed E-state index contributed by atoms with van der Waals surface area (Å²) < 4.78 is 1.82. The van der Waals surface area contributed by atoms with E-state index in [1.165, 1.54) is 0 Å². The van der Waals surface area contributed by atoms with Gasteiger partial charge in [0, 0.05) is 31.0 Å². The molecule has 5 heteroatoms. The van der Waals surface area contributed by atoms with Crippen molar-refractivity contribution in [2.24, 2.45) is 7.05 Å². The number of carbonyl (C=O) groups excluding carboxylic acids is 1. The van der Waals surface area contributed by atoms with Crippen LogP contribution in [-0.2, 0) is 18.3 Å². The summed E-state index contributed by atoms with van der Waals surface area (Å²) in [6, 6.07) is 3.74. The van der Waals surface area contributed by atoms with E-state index in [0.717, 1.165) is 22.6 Å². The van der Waals surface area contributed by atoms with Gasteiger partial charge in [0.15, 0.2) is 0 Å². The Hall–Kier alpha value is -2.17. The van der Waals surface area contributed by atoms with Gasteiger partial charge in [0.25, 0.3) is 0 Å². The van der Waals surface area contributed by atoms with Crippen molar-refractivity contribution >= 4 is 11.6 Å². The Morgan fingerprint density at radius 1 is 1.40 bits per heavy atom. The van der Waals surface area contributed by atoms with Crippen LogP contribution in [0.1, 0.15) is 23.9 Å². The van der Waals surface area contributed by atoms with Crippen LogP contribution in [0, 0.1) is 13.8 Å². The number of rotatable bonds is 4. The summed E-state index contributed by atoms with van der Waals surface area (Å²) in [5.41, 5.74) is 3.80. The molecule has 0 atom stereocenters. The molecule has 20 heavy (non-hydrogen) atoms. The number of hydrogen-bond acceptors (Lipinski definition) is 3. The number of aryl methyl sites for hydroxylation is 2. The van der Waals surface area contributed by atoms with Crippen molar-refractivity contribution in [1.82, 2.24) is 14.8 Å². The lowest BCUT2D eigenvalue weighted by molar-refractivity contribution is -0.118. The van der Waals surface area contributed by atoms with Crippen molar-refractivity contribution in [2.45, 2.75) is 27.2 Å². The second kappa shape index (κ2) is 5.86. The minimum Gasteiger partial charge on any atom is -0.311 e. The first-order valence-electron chi connectivity index (χ1n) is 6.74. The molecular formula is C15H20N4O. The van der Waals surface area contributed by atoms with Crippen LogP contribution in [-0.4, -0.2) is 27.2 Å². The molecule has 0 aromatic carbocycles. The fraction of sp³-hybridized carbons (Fsp3) is 0.400. The predicted octanol–water partition coefficient (Wildman–Crippen LogP) is 2.03. The lowest BCUT2D eigenvalue weighted by Crippen LogP contribution is -2.32. The number of anilines is 1. The van der Waals surface area contributed by atoms with E-state index in [1.807, 2.05) is 44.6 Å². The molecule has 0 aliphatic heterocycles. The molecule has 0 N–H and O–H groups in total. The van der Waals surface area contributed by atoms with Gasteiger partial charge in [-0.1, -0.05) is 0 Å². The zero-order chi connectivity index (χ0) is 14.7. The van der Waals surface area contributed by atoms with Crippen molar-refractivity contribution in [3.05, 3.63) is 41.5 Å². The van der Waals surface area contributed by atoms with Crippen LogP contribution in [0.5, 0.6) is 0 Å². The Kier molecular flexibility index (Phi) is 4.17. The van der Waals surface area contributed by atoms with E-state index in [9.17, 15) is 4.79 Å². The highest BCUT2D eigenvalue weighted by molar-refractivity contribution is 5.94. The normalized spacial score (nSPS) is 10.6. The molecule has 2 rings (SSSR count). The summed E-state index contributed by atoms with van der Waals surface area (Å²) in [7, 11) is 1.90. The highest BCUT2D eigenvalue weighted by Crippen LogP contribution is 2.17. The second-order valence-electron chi connectivity index (χ2n) is 4.80. The van der Waals surface area contributed by atoms with Crippen LogP contribution in [0.4, 0.5) is 5.69 Å². The van der Waals surface area contributed by atoms with E-state index in [0.29, 0.717) is 13.0 Å². The Bertz CT molecular complexity index is 604. The minimum absolute atomic E-state index is 0.0692. The van der Waals surface area contributed by atoms with Crippen LogP contribution < -0.4 is 4.90 Å². The maximum Gasteiger partial charge on any atom is 0.231 e. The second-order valence-corrected chi connectivity index (χ2v) is 4.80. The number of aromatic nitrogens is 3. The molecule has 0 bridgehead atoms. The molecule has 1 amide bonds. The van der Waals surface area contributed by atoms with Crippen LogP contribution in [0.3, 0.4) is 0 Å². The van der Waals surface area contributed by atoms with E-state index < -0.39 is 0 Å². The Balaban J connectivity index is 2.22. The number of likely N-dealkylation sites (N-methyl/N-ethyl adjacent to an activating group) is 1. The fourth-order valence-electron chi connectivity index (χ4n) is 2.34. The molecular weight excluding hydrogens is 252 g/mol. The Morgan fingerprint density at radius 2 is 2.15 bits per heavy atom. The van der Waals surface area contributed by atoms with Crippen LogP contribution in [0.15, 0.2) is 24.5 Å². The predicted molar refractivity (Wildman–Crippen MR) is 78.7 cm³/mol. The van der Waals surface area contributed by atoms with Gasteiger partial charge in [0.1, 0.15) is 0 Å². The molecule has 0 unspecified atom stereocenters. The average Bonchev–Trinajstić information content (AvgIpc) is 2.67. The van der Waals surface area contributed by atoms with E-state index in [4.69, 9.17) is 0 Å². The van der Waals surface area contributed by atoms with Crippen molar-refractivity contribution in [2.75, 3.05) is 11.4 Å². The van der Waals surface area contributed by atoms with Gasteiger partial charge in [-0.05, 0) is 32.9 Å². The number of carbonyl (C=O) groups is 1. The highest BCUT2D eigenvalue weighted by Gasteiger charge is 2.18. The van der Waals surface area contributed by atoms with E-state index in [2.05, 4.69) is 10.1 Å². The SMILES string of the molecule is CCN(C(=O)Cc1c(C)nn(C)c1C)c1cccnc1. The lowest BCUT2D eigenvalue weighted by atomic mass is 10.1. The first kappa shape index (κ1) is 14.2. The fourth-order valence-corrected chi connectivity index (χ4v) is 2.34. The Morgan fingerprint density at radius 3 is 2.65 bits per heavy atom. The quantitative estimate of drug-likeness (QED) is 0.855. The molecule has 106 valence electrons. The van der Waals surface area contributed by atoms with Gasteiger partial charge in [0.2, 0.25) is 5.91 Å². The molecule has 0 fully saturated rings. The van der Waals surface area contributed by atoms with E-state index in [-0.39, 0.29) is 5.91 Å². The third-order valence-electron chi connectivity index (χ3n) is 3.56. The van der Waals surface area contributed by atoms with Crippen molar-refractivity contribution in [1.29, 1.82) is 0 Å². The summed E-state index contributed by atoms with van der Waals surface area (Å²) in [6.45, 7) is 6.52. The zero-order valence-electron chi connectivity index (χ0n) is 12.4. The van der Waals surface area contributed by atoms with Crippen LogP contribution in [0.2, 0.25) is 0 Å². The molecule has 2 aromatic rings. The van der Waals surface area contributed by atoms with Crippen LogP contribution >= 0.6 is 0 Å². The monoisotopic (exact) mass is 272 g/mol. The third-order valence-corrected chi connectivity index (χ3v) is 3.56. The summed E-state index contributed by atoms with van der Waals surface area (Å²) in [4.78, 5) is 18.3. The van der Waals surface area contributed by atoms with Crippen molar-refractivity contribution in [3.8, 4) is 0 Å². The maximum atomic E-state index is 12.5. The molecule has 0 saturated carbocycles. The van der Waals surface area contributed by atoms with Gasteiger partial charge in [-0.3, -0.25) is 14.5 Å². The molecule has 0 aliphatic carbocycles. The standard InChI is InChI=1S/C15H20N4O/c1-5-19(13-7-6-8-16-10-13)15(20)9-14-11(2)17-18(4)12(14)3/h6-8,10H,5,9H2,1-4H3. The summed E-state index contributed by atoms with van der Waals surface area (Å²) in [5, 5.41) is 4.36. The van der Waals surface area contributed by atoms with Gasteiger partial charge in [-0.15, -0.1) is 0 Å². The lowest BCUT2D eigenvalue weighted by Gasteiger charge is -2.20. The first-order valence-corrected chi connectivity index (χ1v) is 6.74. The molecule has 0 aliphatic rings. The van der Waals surface area contributed by atoms with Gasteiger partial charge in [0.05, 0.1) is 24.0 Å². The summed E-state index contributed by atoms with van der Waals surface area (Å²) in [5.74, 6) is 0.0692. The molecule has 2 aromatic heterocycles. The summed E-state index contributed by atoms with van der Waals surface area (Å²) >= 11 is 0. The van der Waals surface area contributed by atoms with E-state index in [1.54, 1.807) is 17.3 Å². The summed E-state index contributed by atoms with van der Waals surface area (Å²) in [6.07, 6.45) is 3.79. The van der Waals surface area contributed by atoms with Crippen molar-refractivity contribution in [3.63, 3.8) is 0 Å². The van der Waals surface area contributed by atoms with E-state index >= 15 is 0 Å². The first-order chi connectivity index (χ1) is 9.54. The molecule has 0 spiro atoms. The average molecular weight is 272 g/mol. The zero-order valence-corrected chi connectivity index (χ0v) is 12.4. The van der Waals surface area contributed by atoms with Gasteiger partial charge in [-0.25, -0.2) is 0 Å². The number of nitrogens with zero attached hydrogens (tertiary/aromatic N) is 4. The smallest absolute Gasteiger partial charge is 0.231 e. The van der Waals surface area contributed by atoms with Crippen molar-refractivity contribution < 1.29 is 4.79 Å². The molecule has 2 heterocycles. The third kappa shape index (κ3) is 2.71. The topological polar surface area (TPSA) is 51.0 Å². The van der Waals surface area contributed by atoms with Crippen LogP contribution in [0.25, 0.3) is 0 Å². The number of pyridine rings is 1.